The fourth-order valence-corrected chi connectivity index (χ4v) is 1.87. The number of esters is 1. The van der Waals surface area contributed by atoms with Gasteiger partial charge in [0.05, 0.1) is 6.21 Å². The van der Waals surface area contributed by atoms with Gasteiger partial charge in [-0.1, -0.05) is 29.8 Å². The summed E-state index contributed by atoms with van der Waals surface area (Å²) < 4.78 is 4.96. The fourth-order valence-electron chi connectivity index (χ4n) is 1.68. The number of hydrogen-bond acceptors (Lipinski definition) is 4. The van der Waals surface area contributed by atoms with Gasteiger partial charge in [0.15, 0.2) is 0 Å². The SMILES string of the molecule is CC(=O)Oc1cccc(/C=N\NC(=O)c2cccc(Cl)c2)c1. The Balaban J connectivity index is 2.00. The third-order valence-electron chi connectivity index (χ3n) is 2.59. The van der Waals surface area contributed by atoms with E-state index in [1.54, 1.807) is 48.5 Å². The Labute approximate surface area is 132 Å². The standard InChI is InChI=1S/C16H13ClN2O3/c1-11(20)22-15-7-2-4-12(8-15)10-18-19-16(21)13-5-3-6-14(17)9-13/h2-10H,1H3,(H,19,21)/b18-10-. The summed E-state index contributed by atoms with van der Waals surface area (Å²) >= 11 is 5.82. The van der Waals surface area contributed by atoms with Gasteiger partial charge in [0.1, 0.15) is 5.75 Å². The highest BCUT2D eigenvalue weighted by molar-refractivity contribution is 6.30. The van der Waals surface area contributed by atoms with E-state index in [1.807, 2.05) is 0 Å². The van der Waals surface area contributed by atoms with Crippen molar-refractivity contribution in [3.63, 3.8) is 0 Å². The molecule has 0 bridgehead atoms. The molecular formula is C16H13ClN2O3. The van der Waals surface area contributed by atoms with Gasteiger partial charge in [-0.05, 0) is 35.9 Å². The van der Waals surface area contributed by atoms with Gasteiger partial charge in [0.2, 0.25) is 0 Å². The van der Waals surface area contributed by atoms with Crippen LogP contribution in [0.2, 0.25) is 5.02 Å². The van der Waals surface area contributed by atoms with Crippen LogP contribution in [0.25, 0.3) is 0 Å². The highest BCUT2D eigenvalue weighted by atomic mass is 35.5. The van der Waals surface area contributed by atoms with Crippen molar-refractivity contribution >= 4 is 29.7 Å². The Morgan fingerprint density at radius 1 is 1.18 bits per heavy atom. The van der Waals surface area contributed by atoms with Gasteiger partial charge in [0.25, 0.3) is 5.91 Å². The highest BCUT2D eigenvalue weighted by Gasteiger charge is 2.04. The van der Waals surface area contributed by atoms with Gasteiger partial charge < -0.3 is 4.74 Å². The smallest absolute Gasteiger partial charge is 0.308 e. The molecule has 2 aromatic carbocycles. The maximum atomic E-state index is 11.8. The average Bonchev–Trinajstić information content (AvgIpc) is 2.47. The molecular weight excluding hydrogens is 304 g/mol. The molecule has 0 fully saturated rings. The molecule has 0 unspecified atom stereocenters. The molecule has 22 heavy (non-hydrogen) atoms. The average molecular weight is 317 g/mol. The van der Waals surface area contributed by atoms with E-state index in [0.29, 0.717) is 21.9 Å². The maximum absolute atomic E-state index is 11.8. The molecule has 0 saturated carbocycles. The van der Waals surface area contributed by atoms with Crippen molar-refractivity contribution in [2.75, 3.05) is 0 Å². The predicted molar refractivity (Wildman–Crippen MR) is 84.3 cm³/mol. The molecule has 2 rings (SSSR count). The van der Waals surface area contributed by atoms with Crippen molar-refractivity contribution < 1.29 is 14.3 Å². The Hall–Kier alpha value is -2.66. The Morgan fingerprint density at radius 2 is 1.95 bits per heavy atom. The molecule has 0 saturated heterocycles. The van der Waals surface area contributed by atoms with E-state index in [9.17, 15) is 9.59 Å². The summed E-state index contributed by atoms with van der Waals surface area (Å²) in [6, 6.07) is 13.3. The monoisotopic (exact) mass is 316 g/mol. The maximum Gasteiger partial charge on any atom is 0.308 e. The number of rotatable bonds is 4. The second-order valence-corrected chi connectivity index (χ2v) is 4.81. The van der Waals surface area contributed by atoms with Crippen molar-refractivity contribution in [1.29, 1.82) is 0 Å². The minimum atomic E-state index is -0.400. The number of benzene rings is 2. The zero-order valence-electron chi connectivity index (χ0n) is 11.7. The van der Waals surface area contributed by atoms with E-state index >= 15 is 0 Å². The van der Waals surface area contributed by atoms with Crippen molar-refractivity contribution in [3.8, 4) is 5.75 Å². The molecule has 5 nitrogen and oxygen atoms in total. The summed E-state index contributed by atoms with van der Waals surface area (Å²) in [4.78, 5) is 22.7. The number of ether oxygens (including phenoxy) is 1. The summed E-state index contributed by atoms with van der Waals surface area (Å²) in [5.74, 6) is -0.351. The molecule has 0 aromatic heterocycles. The Kier molecular flexibility index (Phi) is 5.27. The van der Waals surface area contributed by atoms with Gasteiger partial charge in [-0.2, -0.15) is 5.10 Å². The van der Waals surface area contributed by atoms with Gasteiger partial charge in [0, 0.05) is 17.5 Å². The second kappa shape index (κ2) is 7.38. The topological polar surface area (TPSA) is 67.8 Å². The third kappa shape index (κ3) is 4.71. The summed E-state index contributed by atoms with van der Waals surface area (Å²) in [7, 11) is 0. The summed E-state index contributed by atoms with van der Waals surface area (Å²) in [6.07, 6.45) is 1.45. The van der Waals surface area contributed by atoms with E-state index in [2.05, 4.69) is 10.5 Å². The lowest BCUT2D eigenvalue weighted by atomic mass is 10.2. The summed E-state index contributed by atoms with van der Waals surface area (Å²) in [5, 5.41) is 4.34. The first-order valence-electron chi connectivity index (χ1n) is 6.42. The lowest BCUT2D eigenvalue weighted by Gasteiger charge is -2.02. The number of halogens is 1. The number of hydrazone groups is 1. The number of nitrogens with one attached hydrogen (secondary N) is 1. The van der Waals surface area contributed by atoms with Crippen molar-refractivity contribution in [2.45, 2.75) is 6.92 Å². The first-order valence-corrected chi connectivity index (χ1v) is 6.80. The molecule has 2 aromatic rings. The van der Waals surface area contributed by atoms with Crippen LogP contribution < -0.4 is 10.2 Å². The zero-order chi connectivity index (χ0) is 15.9. The Morgan fingerprint density at radius 3 is 2.68 bits per heavy atom. The van der Waals surface area contributed by atoms with Crippen molar-refractivity contribution in [2.24, 2.45) is 5.10 Å². The normalized spacial score (nSPS) is 10.5. The van der Waals surface area contributed by atoms with Gasteiger partial charge in [-0.3, -0.25) is 9.59 Å². The lowest BCUT2D eigenvalue weighted by molar-refractivity contribution is -0.131. The van der Waals surface area contributed by atoms with Crippen LogP contribution in [0.1, 0.15) is 22.8 Å². The van der Waals surface area contributed by atoms with E-state index in [4.69, 9.17) is 16.3 Å². The molecule has 0 aliphatic carbocycles. The Bertz CT molecular complexity index is 729. The van der Waals surface area contributed by atoms with E-state index < -0.39 is 5.97 Å². The van der Waals surface area contributed by atoms with Crippen LogP contribution in [0.3, 0.4) is 0 Å². The summed E-state index contributed by atoms with van der Waals surface area (Å²) in [5.41, 5.74) is 3.50. The lowest BCUT2D eigenvalue weighted by Crippen LogP contribution is -2.17. The predicted octanol–water partition coefficient (Wildman–Crippen LogP) is 3.03. The van der Waals surface area contributed by atoms with Crippen LogP contribution in [-0.2, 0) is 4.79 Å². The molecule has 6 heteroatoms. The summed E-state index contributed by atoms with van der Waals surface area (Å²) in [6.45, 7) is 1.33. The van der Waals surface area contributed by atoms with Crippen LogP contribution in [0.4, 0.5) is 0 Å². The van der Waals surface area contributed by atoms with Crippen LogP contribution in [-0.4, -0.2) is 18.1 Å². The second-order valence-electron chi connectivity index (χ2n) is 4.38. The van der Waals surface area contributed by atoms with Crippen LogP contribution in [0, 0.1) is 0 Å². The van der Waals surface area contributed by atoms with Gasteiger partial charge in [-0.25, -0.2) is 5.43 Å². The molecule has 0 atom stereocenters. The molecule has 1 amide bonds. The van der Waals surface area contributed by atoms with E-state index in [0.717, 1.165) is 0 Å². The molecule has 0 spiro atoms. The van der Waals surface area contributed by atoms with Crippen molar-refractivity contribution in [3.05, 3.63) is 64.7 Å². The highest BCUT2D eigenvalue weighted by Crippen LogP contribution is 2.12. The first kappa shape index (κ1) is 15.7. The first-order chi connectivity index (χ1) is 10.5. The van der Waals surface area contributed by atoms with Crippen LogP contribution in [0.15, 0.2) is 53.6 Å². The fraction of sp³-hybridized carbons (Fsp3) is 0.0625. The number of amides is 1. The number of carbonyl (C=O) groups excluding carboxylic acids is 2. The van der Waals surface area contributed by atoms with Gasteiger partial charge >= 0.3 is 5.97 Å². The molecule has 0 aliphatic rings. The quantitative estimate of drug-likeness (QED) is 0.408. The third-order valence-corrected chi connectivity index (χ3v) is 2.82. The van der Waals surface area contributed by atoms with Crippen molar-refractivity contribution in [1.82, 2.24) is 5.43 Å². The number of nitrogens with zero attached hydrogens (tertiary/aromatic N) is 1. The molecule has 0 aliphatic heterocycles. The molecule has 1 N–H and O–H groups in total. The number of hydrogen-bond donors (Lipinski definition) is 1. The molecule has 0 radical (unpaired) electrons. The molecule has 112 valence electrons. The molecule has 0 heterocycles. The van der Waals surface area contributed by atoms with Crippen LogP contribution >= 0.6 is 11.6 Å². The minimum Gasteiger partial charge on any atom is -0.427 e. The van der Waals surface area contributed by atoms with E-state index in [-0.39, 0.29) is 5.91 Å². The van der Waals surface area contributed by atoms with Gasteiger partial charge in [-0.15, -0.1) is 0 Å². The largest absolute Gasteiger partial charge is 0.427 e. The van der Waals surface area contributed by atoms with Crippen LogP contribution in [0.5, 0.6) is 5.75 Å². The number of carbonyl (C=O) groups is 2. The zero-order valence-corrected chi connectivity index (χ0v) is 12.5. The minimum absolute atomic E-state index is 0.366. The van der Waals surface area contributed by atoms with E-state index in [1.165, 1.54) is 13.1 Å².